The summed E-state index contributed by atoms with van der Waals surface area (Å²) in [6.07, 6.45) is 5.94. The molecular weight excluding hydrogens is 248 g/mol. The van der Waals surface area contributed by atoms with Gasteiger partial charge in [0, 0.05) is 6.04 Å². The summed E-state index contributed by atoms with van der Waals surface area (Å²) in [5.74, 6) is -1.33. The van der Waals surface area contributed by atoms with Crippen molar-refractivity contribution in [3.8, 4) is 0 Å². The summed E-state index contributed by atoms with van der Waals surface area (Å²) in [7, 11) is 0. The van der Waals surface area contributed by atoms with E-state index in [2.05, 4.69) is 10.3 Å². The Morgan fingerprint density at radius 3 is 2.63 bits per heavy atom. The molecule has 2 rings (SSSR count). The smallest absolute Gasteiger partial charge is 0.189 e. The second-order valence-electron chi connectivity index (χ2n) is 4.93. The molecule has 0 aliphatic heterocycles. The largest absolute Gasteiger partial charge is 0.370 e. The van der Waals surface area contributed by atoms with E-state index in [1.807, 2.05) is 0 Å². The lowest BCUT2D eigenvalue weighted by Crippen LogP contribution is -2.41. The van der Waals surface area contributed by atoms with Crippen LogP contribution in [-0.2, 0) is 6.54 Å². The van der Waals surface area contributed by atoms with Crippen LogP contribution in [0.15, 0.2) is 23.2 Å². The molecule has 1 fully saturated rings. The molecule has 0 saturated heterocycles. The van der Waals surface area contributed by atoms with Crippen LogP contribution in [0.2, 0.25) is 0 Å². The number of rotatable bonds is 3. The molecule has 0 spiro atoms. The molecule has 0 aromatic heterocycles. The zero-order chi connectivity index (χ0) is 13.7. The van der Waals surface area contributed by atoms with Gasteiger partial charge in [-0.1, -0.05) is 25.3 Å². The molecule has 104 valence electrons. The maximum atomic E-state index is 13.0. The fourth-order valence-electron chi connectivity index (χ4n) is 2.32. The fraction of sp³-hybridized carbons (Fsp3) is 0.500. The van der Waals surface area contributed by atoms with Gasteiger partial charge in [0.2, 0.25) is 0 Å². The van der Waals surface area contributed by atoms with Gasteiger partial charge in [-0.3, -0.25) is 0 Å². The highest BCUT2D eigenvalue weighted by molar-refractivity contribution is 5.78. The molecule has 3 N–H and O–H groups in total. The second kappa shape index (κ2) is 6.50. The van der Waals surface area contributed by atoms with Crippen molar-refractivity contribution in [1.82, 2.24) is 5.32 Å². The van der Waals surface area contributed by atoms with Gasteiger partial charge >= 0.3 is 0 Å². The molecule has 0 atom stereocenters. The highest BCUT2D eigenvalue weighted by Gasteiger charge is 2.13. The number of nitrogens with zero attached hydrogens (tertiary/aromatic N) is 1. The summed E-state index contributed by atoms with van der Waals surface area (Å²) in [4.78, 5) is 4.15. The van der Waals surface area contributed by atoms with Crippen molar-refractivity contribution < 1.29 is 8.78 Å². The molecule has 1 aliphatic carbocycles. The lowest BCUT2D eigenvalue weighted by Gasteiger charge is -2.23. The summed E-state index contributed by atoms with van der Waals surface area (Å²) in [6.45, 7) is 0.253. The zero-order valence-electron chi connectivity index (χ0n) is 10.8. The zero-order valence-corrected chi connectivity index (χ0v) is 10.8. The third kappa shape index (κ3) is 4.19. The van der Waals surface area contributed by atoms with Crippen molar-refractivity contribution in [3.63, 3.8) is 0 Å². The van der Waals surface area contributed by atoms with E-state index in [-0.39, 0.29) is 6.54 Å². The van der Waals surface area contributed by atoms with E-state index in [1.54, 1.807) is 0 Å². The molecule has 1 aliphatic rings. The van der Waals surface area contributed by atoms with E-state index in [0.717, 1.165) is 25.0 Å². The number of hydrogen-bond acceptors (Lipinski definition) is 1. The Balaban J connectivity index is 1.87. The number of hydrogen-bond donors (Lipinski definition) is 2. The Bertz CT molecular complexity index is 454. The van der Waals surface area contributed by atoms with E-state index in [9.17, 15) is 8.78 Å². The number of nitrogens with two attached hydrogens (primary N) is 1. The average molecular weight is 267 g/mol. The highest BCUT2D eigenvalue weighted by Crippen LogP contribution is 2.17. The van der Waals surface area contributed by atoms with E-state index >= 15 is 0 Å². The first-order valence-electron chi connectivity index (χ1n) is 6.65. The van der Waals surface area contributed by atoms with Crippen LogP contribution in [-0.4, -0.2) is 12.0 Å². The maximum absolute atomic E-state index is 13.0. The number of nitrogens with one attached hydrogen (secondary N) is 1. The van der Waals surface area contributed by atoms with Crippen LogP contribution in [0, 0.1) is 11.6 Å². The van der Waals surface area contributed by atoms with Crippen molar-refractivity contribution in [3.05, 3.63) is 35.4 Å². The fourth-order valence-corrected chi connectivity index (χ4v) is 2.32. The minimum absolute atomic E-state index is 0.253. The molecule has 3 nitrogen and oxygen atoms in total. The normalized spacial score (nSPS) is 17.5. The third-order valence-electron chi connectivity index (χ3n) is 3.37. The van der Waals surface area contributed by atoms with Crippen molar-refractivity contribution in [2.75, 3.05) is 0 Å². The molecule has 1 aromatic carbocycles. The molecule has 0 bridgehead atoms. The van der Waals surface area contributed by atoms with Gasteiger partial charge < -0.3 is 11.1 Å². The molecular formula is C14H19F2N3. The maximum Gasteiger partial charge on any atom is 0.189 e. The highest BCUT2D eigenvalue weighted by atomic mass is 19.2. The van der Waals surface area contributed by atoms with Gasteiger partial charge in [-0.15, -0.1) is 0 Å². The van der Waals surface area contributed by atoms with Crippen LogP contribution >= 0.6 is 0 Å². The molecule has 1 aromatic rings. The van der Waals surface area contributed by atoms with Crippen LogP contribution in [0.3, 0.4) is 0 Å². The Morgan fingerprint density at radius 2 is 1.95 bits per heavy atom. The van der Waals surface area contributed by atoms with Gasteiger partial charge in [-0.2, -0.15) is 0 Å². The summed E-state index contributed by atoms with van der Waals surface area (Å²) in [5.41, 5.74) is 6.40. The monoisotopic (exact) mass is 267 g/mol. The number of benzene rings is 1. The molecule has 0 amide bonds. The lowest BCUT2D eigenvalue weighted by atomic mass is 9.96. The van der Waals surface area contributed by atoms with Crippen LogP contribution in [0.4, 0.5) is 8.78 Å². The van der Waals surface area contributed by atoms with Gasteiger partial charge in [0.15, 0.2) is 17.6 Å². The van der Waals surface area contributed by atoms with Crippen LogP contribution in [0.1, 0.15) is 37.7 Å². The Kier molecular flexibility index (Phi) is 4.71. The quantitative estimate of drug-likeness (QED) is 0.653. The predicted octanol–water partition coefficient (Wildman–Crippen LogP) is 2.70. The lowest BCUT2D eigenvalue weighted by molar-refractivity contribution is 0.412. The van der Waals surface area contributed by atoms with E-state index in [0.29, 0.717) is 17.6 Å². The van der Waals surface area contributed by atoms with Crippen molar-refractivity contribution in [1.29, 1.82) is 0 Å². The summed E-state index contributed by atoms with van der Waals surface area (Å²) in [6, 6.07) is 4.15. The average Bonchev–Trinajstić information content (AvgIpc) is 2.41. The van der Waals surface area contributed by atoms with Crippen LogP contribution in [0.25, 0.3) is 0 Å². The summed E-state index contributed by atoms with van der Waals surface area (Å²) < 4.78 is 25.8. The molecule has 0 unspecified atom stereocenters. The molecule has 0 heterocycles. The van der Waals surface area contributed by atoms with Gasteiger partial charge in [0.1, 0.15) is 0 Å². The standard InChI is InChI=1S/C14H19F2N3/c15-12-7-6-10(8-13(12)16)9-18-14(17)19-11-4-2-1-3-5-11/h6-8,11H,1-5,9H2,(H3,17,18,19). The minimum Gasteiger partial charge on any atom is -0.370 e. The van der Waals surface area contributed by atoms with Gasteiger partial charge in [0.25, 0.3) is 0 Å². The Labute approximate surface area is 111 Å². The van der Waals surface area contributed by atoms with E-state index in [1.165, 1.54) is 25.3 Å². The van der Waals surface area contributed by atoms with Crippen molar-refractivity contribution in [2.45, 2.75) is 44.7 Å². The van der Waals surface area contributed by atoms with Crippen LogP contribution in [0.5, 0.6) is 0 Å². The van der Waals surface area contributed by atoms with Gasteiger partial charge in [0.05, 0.1) is 6.54 Å². The second-order valence-corrected chi connectivity index (χ2v) is 4.93. The number of aliphatic imine (C=N–C) groups is 1. The number of guanidine groups is 1. The van der Waals surface area contributed by atoms with E-state index < -0.39 is 11.6 Å². The topological polar surface area (TPSA) is 50.4 Å². The third-order valence-corrected chi connectivity index (χ3v) is 3.37. The first-order chi connectivity index (χ1) is 9.15. The molecule has 1 saturated carbocycles. The molecule has 19 heavy (non-hydrogen) atoms. The SMILES string of the molecule is NC(=NCc1ccc(F)c(F)c1)NC1CCCCC1. The summed E-state index contributed by atoms with van der Waals surface area (Å²) in [5, 5.41) is 3.18. The molecule has 5 heteroatoms. The minimum atomic E-state index is -0.855. The predicted molar refractivity (Wildman–Crippen MR) is 71.7 cm³/mol. The van der Waals surface area contributed by atoms with Crippen LogP contribution < -0.4 is 11.1 Å². The van der Waals surface area contributed by atoms with Gasteiger partial charge in [-0.25, -0.2) is 13.8 Å². The first kappa shape index (κ1) is 13.8. The Morgan fingerprint density at radius 1 is 1.21 bits per heavy atom. The number of halogens is 2. The van der Waals surface area contributed by atoms with E-state index in [4.69, 9.17) is 5.73 Å². The molecule has 0 radical (unpaired) electrons. The van der Waals surface area contributed by atoms with Gasteiger partial charge in [-0.05, 0) is 30.5 Å². The van der Waals surface area contributed by atoms with Crippen molar-refractivity contribution in [2.24, 2.45) is 10.7 Å². The summed E-state index contributed by atoms with van der Waals surface area (Å²) >= 11 is 0. The van der Waals surface area contributed by atoms with Crippen molar-refractivity contribution >= 4 is 5.96 Å². The first-order valence-corrected chi connectivity index (χ1v) is 6.65. The Hall–Kier alpha value is -1.65.